The number of hydrogen-bond acceptors (Lipinski definition) is 3. The molecule has 1 unspecified atom stereocenters. The maximum absolute atomic E-state index is 11.9. The number of carbonyl (C=O) groups is 1. The third-order valence-corrected chi connectivity index (χ3v) is 2.15. The predicted molar refractivity (Wildman–Crippen MR) is 39.8 cm³/mol. The van der Waals surface area contributed by atoms with Crippen LogP contribution < -0.4 is 5.43 Å². The zero-order valence-electron chi connectivity index (χ0n) is 7.19. The minimum absolute atomic E-state index is 0.148. The molecule has 1 rings (SSSR count). The van der Waals surface area contributed by atoms with Crippen LogP contribution in [0.5, 0.6) is 0 Å². The Kier molecular flexibility index (Phi) is 2.92. The van der Waals surface area contributed by atoms with Gasteiger partial charge in [-0.3, -0.25) is 10.2 Å². The largest absolute Gasteiger partial charge is 0.450 e. The Labute approximate surface area is 73.9 Å². The Morgan fingerprint density at radius 1 is 1.54 bits per heavy atom. The monoisotopic (exact) mass is 196 g/mol. The molecule has 0 aromatic heterocycles. The number of halogens is 3. The molecule has 76 valence electrons. The van der Waals surface area contributed by atoms with Crippen LogP contribution in [0.1, 0.15) is 6.42 Å². The molecule has 0 spiro atoms. The van der Waals surface area contributed by atoms with Gasteiger partial charge >= 0.3 is 6.18 Å². The quantitative estimate of drug-likeness (QED) is 0.701. The van der Waals surface area contributed by atoms with E-state index in [0.29, 0.717) is 6.54 Å². The molecule has 1 N–H and O–H groups in total. The van der Waals surface area contributed by atoms with Gasteiger partial charge in [-0.25, -0.2) is 5.01 Å². The fourth-order valence-electron chi connectivity index (χ4n) is 1.41. The van der Waals surface area contributed by atoms with Gasteiger partial charge in [0.1, 0.15) is 0 Å². The first kappa shape index (κ1) is 10.5. The topological polar surface area (TPSA) is 32.3 Å². The molecule has 0 amide bonds. The van der Waals surface area contributed by atoms with Gasteiger partial charge in [-0.2, -0.15) is 13.2 Å². The van der Waals surface area contributed by atoms with Crippen molar-refractivity contribution in [3.63, 3.8) is 0 Å². The van der Waals surface area contributed by atoms with Gasteiger partial charge in [0, 0.05) is 19.0 Å². The molecular weight excluding hydrogens is 185 g/mol. The highest BCUT2D eigenvalue weighted by molar-refractivity contribution is 5.86. The highest BCUT2D eigenvalue weighted by Crippen LogP contribution is 2.26. The average molecular weight is 196 g/mol. The van der Waals surface area contributed by atoms with Gasteiger partial charge in [0.15, 0.2) is 0 Å². The van der Waals surface area contributed by atoms with E-state index in [0.717, 1.165) is 0 Å². The molecule has 1 aliphatic rings. The van der Waals surface area contributed by atoms with Gasteiger partial charge in [0.25, 0.3) is 0 Å². The van der Waals surface area contributed by atoms with E-state index < -0.39 is 17.9 Å². The minimum Gasteiger partial charge on any atom is -0.289 e. The van der Waals surface area contributed by atoms with Crippen LogP contribution in [-0.2, 0) is 4.79 Å². The van der Waals surface area contributed by atoms with Gasteiger partial charge < -0.3 is 0 Å². The summed E-state index contributed by atoms with van der Waals surface area (Å²) < 4.78 is 35.8. The van der Waals surface area contributed by atoms with Crippen molar-refractivity contribution in [1.82, 2.24) is 10.4 Å². The smallest absolute Gasteiger partial charge is 0.289 e. The number of alkyl halides is 3. The molecular formula is C7H11F3N2O. The number of ketones is 1. The van der Waals surface area contributed by atoms with Crippen LogP contribution in [0.4, 0.5) is 13.2 Å². The fourth-order valence-corrected chi connectivity index (χ4v) is 1.41. The highest BCUT2D eigenvalue weighted by atomic mass is 19.4. The summed E-state index contributed by atoms with van der Waals surface area (Å²) in [6.45, 7) is 0.637. The molecule has 6 heteroatoms. The highest BCUT2D eigenvalue weighted by Gasteiger charge is 2.45. The van der Waals surface area contributed by atoms with E-state index in [1.807, 2.05) is 0 Å². The second-order valence-electron chi connectivity index (χ2n) is 3.02. The lowest BCUT2D eigenvalue weighted by Crippen LogP contribution is -2.36. The van der Waals surface area contributed by atoms with E-state index in [9.17, 15) is 18.0 Å². The van der Waals surface area contributed by atoms with Crippen molar-refractivity contribution in [1.29, 1.82) is 0 Å². The second-order valence-corrected chi connectivity index (χ2v) is 3.02. The molecule has 0 radical (unpaired) electrons. The van der Waals surface area contributed by atoms with Crippen molar-refractivity contribution in [3.05, 3.63) is 0 Å². The third kappa shape index (κ3) is 2.41. The molecule has 1 fully saturated rings. The van der Waals surface area contributed by atoms with Crippen LogP contribution in [0, 0.1) is 5.92 Å². The molecule has 1 atom stereocenters. The molecule has 3 nitrogen and oxygen atoms in total. The van der Waals surface area contributed by atoms with Gasteiger partial charge in [0.05, 0.1) is 0 Å². The number of Topliss-reactive ketones (excluding diaryl/α,β-unsaturated/α-hetero) is 1. The lowest BCUT2D eigenvalue weighted by Gasteiger charge is -2.14. The number of carbonyl (C=O) groups excluding carboxylic acids is 1. The Bertz CT molecular complexity index is 204. The fraction of sp³-hybridized carbons (Fsp3) is 0.857. The summed E-state index contributed by atoms with van der Waals surface area (Å²) in [6, 6.07) is 0. The first-order valence-corrected chi connectivity index (χ1v) is 3.98. The van der Waals surface area contributed by atoms with Gasteiger partial charge in [-0.05, 0) is 13.5 Å². The summed E-state index contributed by atoms with van der Waals surface area (Å²) in [7, 11) is 1.63. The SMILES string of the molecule is CNN1CCC(C(=O)C(F)(F)F)C1. The van der Waals surface area contributed by atoms with Crippen molar-refractivity contribution in [3.8, 4) is 0 Å². The summed E-state index contributed by atoms with van der Waals surface area (Å²) in [6.07, 6.45) is -4.41. The zero-order valence-corrected chi connectivity index (χ0v) is 7.19. The van der Waals surface area contributed by atoms with Crippen LogP contribution in [0.3, 0.4) is 0 Å². The third-order valence-electron chi connectivity index (χ3n) is 2.15. The van der Waals surface area contributed by atoms with Gasteiger partial charge in [0.2, 0.25) is 5.78 Å². The first-order valence-electron chi connectivity index (χ1n) is 3.98. The van der Waals surface area contributed by atoms with Crippen molar-refractivity contribution in [2.75, 3.05) is 20.1 Å². The van der Waals surface area contributed by atoms with Crippen LogP contribution in [-0.4, -0.2) is 37.1 Å². The summed E-state index contributed by atoms with van der Waals surface area (Å²) in [4.78, 5) is 10.7. The number of hydrogen-bond donors (Lipinski definition) is 1. The molecule has 13 heavy (non-hydrogen) atoms. The van der Waals surface area contributed by atoms with Crippen molar-refractivity contribution < 1.29 is 18.0 Å². The maximum Gasteiger partial charge on any atom is 0.450 e. The summed E-state index contributed by atoms with van der Waals surface area (Å²) in [5, 5.41) is 1.61. The van der Waals surface area contributed by atoms with E-state index >= 15 is 0 Å². The van der Waals surface area contributed by atoms with Crippen molar-refractivity contribution >= 4 is 5.78 Å². The van der Waals surface area contributed by atoms with Gasteiger partial charge in [-0.1, -0.05) is 0 Å². The minimum atomic E-state index is -4.69. The number of rotatable bonds is 2. The molecule has 0 aromatic carbocycles. The van der Waals surface area contributed by atoms with Crippen LogP contribution >= 0.6 is 0 Å². The number of nitrogens with zero attached hydrogens (tertiary/aromatic N) is 1. The Morgan fingerprint density at radius 2 is 2.15 bits per heavy atom. The molecule has 1 aliphatic heterocycles. The summed E-state index contributed by atoms with van der Waals surface area (Å²) >= 11 is 0. The first-order chi connectivity index (χ1) is 5.95. The summed E-state index contributed by atoms with van der Waals surface area (Å²) in [5.41, 5.74) is 2.71. The predicted octanol–water partition coefficient (Wildman–Crippen LogP) is 0.574. The standard InChI is InChI=1S/C7H11F3N2O/c1-11-12-3-2-5(4-12)6(13)7(8,9)10/h5,11H,2-4H2,1H3. The molecule has 0 bridgehead atoms. The van der Waals surface area contributed by atoms with Crippen LogP contribution in [0.15, 0.2) is 0 Å². The van der Waals surface area contributed by atoms with Crippen LogP contribution in [0.2, 0.25) is 0 Å². The van der Waals surface area contributed by atoms with Crippen LogP contribution in [0.25, 0.3) is 0 Å². The molecule has 1 heterocycles. The molecule has 0 aromatic rings. The maximum atomic E-state index is 11.9. The number of nitrogens with one attached hydrogen (secondary N) is 1. The lowest BCUT2D eigenvalue weighted by atomic mass is 10.0. The average Bonchev–Trinajstić information content (AvgIpc) is 2.48. The van der Waals surface area contributed by atoms with E-state index in [4.69, 9.17) is 0 Å². The number of hydrazine groups is 1. The molecule has 1 saturated heterocycles. The summed E-state index contributed by atoms with van der Waals surface area (Å²) in [5.74, 6) is -2.50. The lowest BCUT2D eigenvalue weighted by molar-refractivity contribution is -0.175. The van der Waals surface area contributed by atoms with Gasteiger partial charge in [-0.15, -0.1) is 0 Å². The Morgan fingerprint density at radius 3 is 2.54 bits per heavy atom. The molecule has 0 saturated carbocycles. The van der Waals surface area contributed by atoms with E-state index in [1.165, 1.54) is 0 Å². The normalized spacial score (nSPS) is 25.1. The molecule has 0 aliphatic carbocycles. The van der Waals surface area contributed by atoms with E-state index in [-0.39, 0.29) is 13.0 Å². The Balaban J connectivity index is 2.52. The zero-order chi connectivity index (χ0) is 10.1. The van der Waals surface area contributed by atoms with Crippen molar-refractivity contribution in [2.45, 2.75) is 12.6 Å². The van der Waals surface area contributed by atoms with E-state index in [2.05, 4.69) is 5.43 Å². The van der Waals surface area contributed by atoms with Crippen molar-refractivity contribution in [2.24, 2.45) is 5.92 Å². The second kappa shape index (κ2) is 3.63. The van der Waals surface area contributed by atoms with E-state index in [1.54, 1.807) is 12.1 Å². The Hall–Kier alpha value is -0.620.